The maximum atomic E-state index is 5.59. The maximum absolute atomic E-state index is 5.59. The first-order valence-electron chi connectivity index (χ1n) is 7.73. The number of hydrogen-bond donors (Lipinski definition) is 1. The molecule has 0 radical (unpaired) electrons. The molecule has 1 N–H and O–H groups in total. The van der Waals surface area contributed by atoms with Gasteiger partial charge in [-0.2, -0.15) is 0 Å². The van der Waals surface area contributed by atoms with Crippen molar-refractivity contribution in [3.05, 3.63) is 17.2 Å². The largest absolute Gasteiger partial charge is 0.381 e. The summed E-state index contributed by atoms with van der Waals surface area (Å²) in [7, 11) is 0. The van der Waals surface area contributed by atoms with Crippen LogP contribution in [0.4, 0.5) is 0 Å². The quantitative estimate of drug-likeness (QED) is 0.904. The summed E-state index contributed by atoms with van der Waals surface area (Å²) in [5.74, 6) is 2.77. The van der Waals surface area contributed by atoms with Gasteiger partial charge < -0.3 is 14.6 Å². The minimum absolute atomic E-state index is 0.549. The van der Waals surface area contributed by atoms with Gasteiger partial charge in [-0.25, -0.2) is 4.98 Å². The van der Waals surface area contributed by atoms with Crippen molar-refractivity contribution in [3.8, 4) is 0 Å². The van der Waals surface area contributed by atoms with Gasteiger partial charge in [-0.15, -0.1) is 0 Å². The zero-order valence-corrected chi connectivity index (χ0v) is 11.7. The van der Waals surface area contributed by atoms with Gasteiger partial charge in [0.15, 0.2) is 0 Å². The maximum Gasteiger partial charge on any atom is 0.112 e. The second-order valence-electron chi connectivity index (χ2n) is 6.30. The van der Waals surface area contributed by atoms with Crippen LogP contribution in [-0.4, -0.2) is 29.3 Å². The van der Waals surface area contributed by atoms with Crippen molar-refractivity contribution in [2.24, 2.45) is 5.92 Å². The molecule has 1 saturated carbocycles. The number of nitrogens with zero attached hydrogens (tertiary/aromatic N) is 2. The van der Waals surface area contributed by atoms with Crippen molar-refractivity contribution >= 4 is 0 Å². The van der Waals surface area contributed by atoms with E-state index in [0.29, 0.717) is 12.0 Å². The standard InChI is InChI=1S/C15H23N3O/c1-10(12-5-7-19-9-12)18-14-4-6-16-8-13(14)17-15(18)11-2-3-11/h10-12,16H,2-9H2,1H3. The molecule has 19 heavy (non-hydrogen) atoms. The highest BCUT2D eigenvalue weighted by molar-refractivity contribution is 5.25. The summed E-state index contributed by atoms with van der Waals surface area (Å²) in [5.41, 5.74) is 2.80. The Morgan fingerprint density at radius 1 is 1.37 bits per heavy atom. The molecule has 2 aliphatic heterocycles. The lowest BCUT2D eigenvalue weighted by atomic mass is 9.99. The number of fused-ring (bicyclic) bond motifs is 1. The highest BCUT2D eigenvalue weighted by Crippen LogP contribution is 2.43. The van der Waals surface area contributed by atoms with Crippen molar-refractivity contribution in [2.75, 3.05) is 19.8 Å². The minimum atomic E-state index is 0.549. The van der Waals surface area contributed by atoms with Crippen molar-refractivity contribution in [1.82, 2.24) is 14.9 Å². The van der Waals surface area contributed by atoms with Crippen molar-refractivity contribution in [3.63, 3.8) is 0 Å². The van der Waals surface area contributed by atoms with Crippen LogP contribution in [0.15, 0.2) is 0 Å². The van der Waals surface area contributed by atoms with Crippen LogP contribution >= 0.6 is 0 Å². The normalized spacial score (nSPS) is 28.4. The van der Waals surface area contributed by atoms with Crippen molar-refractivity contribution in [1.29, 1.82) is 0 Å². The summed E-state index contributed by atoms with van der Waals surface area (Å²) in [4.78, 5) is 4.96. The van der Waals surface area contributed by atoms with Gasteiger partial charge in [0.05, 0.1) is 12.3 Å². The van der Waals surface area contributed by atoms with Crippen LogP contribution < -0.4 is 5.32 Å². The first-order valence-corrected chi connectivity index (χ1v) is 7.73. The second-order valence-corrected chi connectivity index (χ2v) is 6.30. The highest BCUT2D eigenvalue weighted by atomic mass is 16.5. The molecule has 0 bridgehead atoms. The van der Waals surface area contributed by atoms with Gasteiger partial charge in [-0.05, 0) is 26.2 Å². The molecule has 3 aliphatic rings. The van der Waals surface area contributed by atoms with Gasteiger partial charge in [0.2, 0.25) is 0 Å². The summed E-state index contributed by atoms with van der Waals surface area (Å²) < 4.78 is 8.18. The third-order valence-electron chi connectivity index (χ3n) is 4.95. The van der Waals surface area contributed by atoms with E-state index < -0.39 is 0 Å². The van der Waals surface area contributed by atoms with E-state index in [1.54, 1.807) is 0 Å². The Morgan fingerprint density at radius 2 is 2.26 bits per heavy atom. The summed E-state index contributed by atoms with van der Waals surface area (Å²) in [5, 5.41) is 3.45. The number of aromatic nitrogens is 2. The zero-order chi connectivity index (χ0) is 12.8. The fourth-order valence-corrected chi connectivity index (χ4v) is 3.58. The third kappa shape index (κ3) is 2.01. The van der Waals surface area contributed by atoms with E-state index in [9.17, 15) is 0 Å². The van der Waals surface area contributed by atoms with Gasteiger partial charge in [0, 0.05) is 49.7 Å². The lowest BCUT2D eigenvalue weighted by Gasteiger charge is -2.25. The van der Waals surface area contributed by atoms with E-state index in [1.165, 1.54) is 36.5 Å². The molecule has 1 aromatic rings. The molecule has 4 rings (SSSR count). The van der Waals surface area contributed by atoms with Gasteiger partial charge in [-0.1, -0.05) is 0 Å². The molecular formula is C15H23N3O. The van der Waals surface area contributed by atoms with Crippen LogP contribution in [0.5, 0.6) is 0 Å². The van der Waals surface area contributed by atoms with E-state index >= 15 is 0 Å². The number of hydrogen-bond acceptors (Lipinski definition) is 3. The number of nitrogens with one attached hydrogen (secondary N) is 1. The molecule has 3 heterocycles. The molecule has 1 aliphatic carbocycles. The molecule has 104 valence electrons. The molecular weight excluding hydrogens is 238 g/mol. The summed E-state index contributed by atoms with van der Waals surface area (Å²) in [6, 6.07) is 0.549. The molecule has 1 aromatic heterocycles. The zero-order valence-electron chi connectivity index (χ0n) is 11.7. The van der Waals surface area contributed by atoms with Crippen LogP contribution in [0.1, 0.15) is 55.4 Å². The monoisotopic (exact) mass is 261 g/mol. The van der Waals surface area contributed by atoms with Gasteiger partial charge in [0.25, 0.3) is 0 Å². The number of ether oxygens (including phenoxy) is 1. The van der Waals surface area contributed by atoms with Gasteiger partial charge >= 0.3 is 0 Å². The van der Waals surface area contributed by atoms with Crippen LogP contribution in [0.2, 0.25) is 0 Å². The molecule has 0 spiro atoms. The summed E-state index contributed by atoms with van der Waals surface area (Å²) in [6.07, 6.45) is 5.00. The topological polar surface area (TPSA) is 39.1 Å². The Hall–Kier alpha value is -0.870. The molecule has 2 unspecified atom stereocenters. The first-order chi connectivity index (χ1) is 9.34. The predicted molar refractivity (Wildman–Crippen MR) is 73.2 cm³/mol. The van der Waals surface area contributed by atoms with Crippen molar-refractivity contribution in [2.45, 2.75) is 51.1 Å². The average molecular weight is 261 g/mol. The van der Waals surface area contributed by atoms with Crippen LogP contribution in [0, 0.1) is 5.92 Å². The van der Waals surface area contributed by atoms with E-state index in [4.69, 9.17) is 9.72 Å². The molecule has 2 fully saturated rings. The fraction of sp³-hybridized carbons (Fsp3) is 0.800. The number of rotatable bonds is 3. The average Bonchev–Trinajstić information content (AvgIpc) is 3.01. The van der Waals surface area contributed by atoms with Crippen LogP contribution in [0.25, 0.3) is 0 Å². The van der Waals surface area contributed by atoms with Crippen molar-refractivity contribution < 1.29 is 4.74 Å². The molecule has 2 atom stereocenters. The predicted octanol–water partition coefficient (Wildman–Crippen LogP) is 2.00. The van der Waals surface area contributed by atoms with Crippen LogP contribution in [0.3, 0.4) is 0 Å². The molecule has 1 saturated heterocycles. The minimum Gasteiger partial charge on any atom is -0.381 e. The Morgan fingerprint density at radius 3 is 3.00 bits per heavy atom. The van der Waals surface area contributed by atoms with Gasteiger partial charge in [0.1, 0.15) is 5.82 Å². The van der Waals surface area contributed by atoms with Crippen LogP contribution in [-0.2, 0) is 17.7 Å². The molecule has 0 aromatic carbocycles. The van der Waals surface area contributed by atoms with E-state index in [-0.39, 0.29) is 0 Å². The Bertz CT molecular complexity index is 472. The molecule has 0 amide bonds. The summed E-state index contributed by atoms with van der Waals surface area (Å²) >= 11 is 0. The van der Waals surface area contributed by atoms with Gasteiger partial charge in [-0.3, -0.25) is 0 Å². The Labute approximate surface area is 114 Å². The summed E-state index contributed by atoms with van der Waals surface area (Å²) in [6.45, 7) is 6.28. The SMILES string of the molecule is CC(C1CCOC1)n1c(C2CC2)nc2c1CCNC2. The third-order valence-corrected chi connectivity index (χ3v) is 4.95. The second kappa shape index (κ2) is 4.60. The highest BCUT2D eigenvalue weighted by Gasteiger charge is 2.35. The number of imidazole rings is 1. The lowest BCUT2D eigenvalue weighted by Crippen LogP contribution is -2.27. The molecule has 4 heteroatoms. The van der Waals surface area contributed by atoms with E-state index in [2.05, 4.69) is 16.8 Å². The lowest BCUT2D eigenvalue weighted by molar-refractivity contribution is 0.174. The Kier molecular flexibility index (Phi) is 2.88. The van der Waals surface area contributed by atoms with E-state index in [1.807, 2.05) is 0 Å². The fourth-order valence-electron chi connectivity index (χ4n) is 3.58. The molecule has 4 nitrogen and oxygen atoms in total. The van der Waals surface area contributed by atoms with E-state index in [0.717, 1.165) is 38.6 Å². The first kappa shape index (κ1) is 11.9. The smallest absolute Gasteiger partial charge is 0.112 e. The Balaban J connectivity index is 1.73.